The molecule has 6 heteroatoms. The number of hydrogen-bond donors (Lipinski definition) is 1. The number of carbonyl (C=O) groups is 1. The van der Waals surface area contributed by atoms with Gasteiger partial charge >= 0.3 is 0 Å². The lowest BCUT2D eigenvalue weighted by Gasteiger charge is -2.09. The van der Waals surface area contributed by atoms with E-state index in [1.807, 2.05) is 33.7 Å². The van der Waals surface area contributed by atoms with E-state index in [9.17, 15) is 4.79 Å². The van der Waals surface area contributed by atoms with E-state index in [1.54, 1.807) is 24.8 Å². The minimum absolute atomic E-state index is 0.0771. The Labute approximate surface area is 119 Å². The van der Waals surface area contributed by atoms with Gasteiger partial charge in [-0.25, -0.2) is 9.97 Å². The van der Waals surface area contributed by atoms with Crippen molar-refractivity contribution in [3.05, 3.63) is 65.0 Å². The highest BCUT2D eigenvalue weighted by atomic mass is 32.1. The van der Waals surface area contributed by atoms with Crippen molar-refractivity contribution in [3.8, 4) is 5.82 Å². The molecule has 3 aromatic heterocycles. The number of nitrogens with zero attached hydrogens (tertiary/aromatic N) is 3. The second-order valence-electron chi connectivity index (χ2n) is 4.15. The van der Waals surface area contributed by atoms with Gasteiger partial charge in [0, 0.05) is 41.6 Å². The fraction of sp³-hybridized carbons (Fsp3) is 0.0714. The Kier molecular flexibility index (Phi) is 3.56. The van der Waals surface area contributed by atoms with E-state index in [0.717, 1.165) is 11.4 Å². The number of thiophene rings is 1. The maximum Gasteiger partial charge on any atom is 0.252 e. The zero-order valence-corrected chi connectivity index (χ0v) is 11.4. The van der Waals surface area contributed by atoms with E-state index in [2.05, 4.69) is 15.3 Å². The lowest BCUT2D eigenvalue weighted by atomic mass is 10.2. The van der Waals surface area contributed by atoms with Crippen LogP contribution in [0.3, 0.4) is 0 Å². The van der Waals surface area contributed by atoms with Crippen LogP contribution < -0.4 is 5.32 Å². The van der Waals surface area contributed by atoms with Crippen molar-refractivity contribution in [3.63, 3.8) is 0 Å². The lowest BCUT2D eigenvalue weighted by Crippen LogP contribution is -2.23. The third-order valence-corrected chi connectivity index (χ3v) is 3.52. The van der Waals surface area contributed by atoms with Crippen molar-refractivity contribution < 1.29 is 4.79 Å². The molecule has 0 saturated heterocycles. The Balaban J connectivity index is 1.77. The van der Waals surface area contributed by atoms with Gasteiger partial charge in [-0.05, 0) is 17.5 Å². The summed E-state index contributed by atoms with van der Waals surface area (Å²) >= 11 is 1.51. The van der Waals surface area contributed by atoms with E-state index in [0.29, 0.717) is 12.1 Å². The normalized spacial score (nSPS) is 10.4. The first-order valence-corrected chi connectivity index (χ1v) is 7.01. The van der Waals surface area contributed by atoms with Crippen LogP contribution in [0.5, 0.6) is 0 Å². The average molecular weight is 284 g/mol. The van der Waals surface area contributed by atoms with Gasteiger partial charge in [0.05, 0.1) is 0 Å². The topological polar surface area (TPSA) is 59.8 Å². The van der Waals surface area contributed by atoms with Crippen LogP contribution in [0.2, 0.25) is 0 Å². The zero-order chi connectivity index (χ0) is 13.8. The molecule has 0 fully saturated rings. The quantitative estimate of drug-likeness (QED) is 0.799. The van der Waals surface area contributed by atoms with Gasteiger partial charge in [0.2, 0.25) is 0 Å². The van der Waals surface area contributed by atoms with Gasteiger partial charge in [-0.15, -0.1) is 0 Å². The minimum Gasteiger partial charge on any atom is -0.348 e. The fourth-order valence-corrected chi connectivity index (χ4v) is 2.49. The molecule has 0 bridgehead atoms. The van der Waals surface area contributed by atoms with Gasteiger partial charge in [0.25, 0.3) is 5.91 Å². The number of hydrogen-bond acceptors (Lipinski definition) is 4. The van der Waals surface area contributed by atoms with Crippen LogP contribution in [0, 0.1) is 0 Å². The number of carbonyl (C=O) groups excluding carboxylic acids is 1. The summed E-state index contributed by atoms with van der Waals surface area (Å²) in [6.07, 6.45) is 6.93. The second-order valence-corrected chi connectivity index (χ2v) is 4.93. The second kappa shape index (κ2) is 5.66. The standard InChI is InChI=1S/C14H12N4OS/c19-14(12-3-7-20-9-12)17-8-11-2-1-4-16-13(11)18-6-5-15-10-18/h1-7,9-10H,8H2,(H,17,19). The molecule has 0 aliphatic rings. The third kappa shape index (κ3) is 2.60. The number of imidazole rings is 1. The molecule has 100 valence electrons. The van der Waals surface area contributed by atoms with Crippen LogP contribution in [0.4, 0.5) is 0 Å². The first-order valence-electron chi connectivity index (χ1n) is 6.07. The number of pyridine rings is 1. The van der Waals surface area contributed by atoms with Gasteiger partial charge in [-0.3, -0.25) is 9.36 Å². The summed E-state index contributed by atoms with van der Waals surface area (Å²) in [5, 5.41) is 6.61. The molecule has 0 aliphatic heterocycles. The maximum atomic E-state index is 11.9. The highest BCUT2D eigenvalue weighted by molar-refractivity contribution is 7.08. The first kappa shape index (κ1) is 12.6. The Morgan fingerprint density at radius 3 is 3.05 bits per heavy atom. The van der Waals surface area contributed by atoms with Crippen LogP contribution in [0.25, 0.3) is 5.82 Å². The Morgan fingerprint density at radius 1 is 1.35 bits per heavy atom. The molecule has 0 spiro atoms. The predicted octanol–water partition coefficient (Wildman–Crippen LogP) is 2.26. The summed E-state index contributed by atoms with van der Waals surface area (Å²) in [5.74, 6) is 0.697. The molecule has 3 heterocycles. The summed E-state index contributed by atoms with van der Waals surface area (Å²) in [6, 6.07) is 5.60. The Morgan fingerprint density at radius 2 is 2.30 bits per heavy atom. The van der Waals surface area contributed by atoms with Gasteiger partial charge in [-0.2, -0.15) is 11.3 Å². The Hall–Kier alpha value is -2.47. The van der Waals surface area contributed by atoms with E-state index < -0.39 is 0 Å². The largest absolute Gasteiger partial charge is 0.348 e. The van der Waals surface area contributed by atoms with Crippen LogP contribution in [0.1, 0.15) is 15.9 Å². The van der Waals surface area contributed by atoms with Crippen molar-refractivity contribution >= 4 is 17.2 Å². The molecular formula is C14H12N4OS. The molecule has 1 N–H and O–H groups in total. The number of aromatic nitrogens is 3. The summed E-state index contributed by atoms with van der Waals surface area (Å²) in [7, 11) is 0. The van der Waals surface area contributed by atoms with Crippen molar-refractivity contribution in [1.82, 2.24) is 19.9 Å². The summed E-state index contributed by atoms with van der Waals surface area (Å²) in [6.45, 7) is 0.427. The van der Waals surface area contributed by atoms with Gasteiger partial charge in [-0.1, -0.05) is 6.07 Å². The molecule has 0 radical (unpaired) electrons. The molecule has 0 aromatic carbocycles. The van der Waals surface area contributed by atoms with E-state index >= 15 is 0 Å². The molecule has 5 nitrogen and oxygen atoms in total. The van der Waals surface area contributed by atoms with E-state index in [4.69, 9.17) is 0 Å². The predicted molar refractivity (Wildman–Crippen MR) is 76.8 cm³/mol. The van der Waals surface area contributed by atoms with Crippen LogP contribution in [0.15, 0.2) is 53.9 Å². The van der Waals surface area contributed by atoms with Crippen molar-refractivity contribution in [1.29, 1.82) is 0 Å². The van der Waals surface area contributed by atoms with E-state index in [-0.39, 0.29) is 5.91 Å². The summed E-state index contributed by atoms with van der Waals surface area (Å²) in [4.78, 5) is 20.3. The molecular weight excluding hydrogens is 272 g/mol. The number of rotatable bonds is 4. The van der Waals surface area contributed by atoms with Crippen LogP contribution in [-0.4, -0.2) is 20.4 Å². The molecule has 0 saturated carbocycles. The molecule has 0 unspecified atom stereocenters. The van der Waals surface area contributed by atoms with E-state index in [1.165, 1.54) is 11.3 Å². The van der Waals surface area contributed by atoms with Crippen molar-refractivity contribution in [2.24, 2.45) is 0 Å². The van der Waals surface area contributed by atoms with Gasteiger partial charge < -0.3 is 5.32 Å². The lowest BCUT2D eigenvalue weighted by molar-refractivity contribution is 0.0951. The van der Waals surface area contributed by atoms with Crippen molar-refractivity contribution in [2.45, 2.75) is 6.54 Å². The third-order valence-electron chi connectivity index (χ3n) is 2.84. The van der Waals surface area contributed by atoms with Gasteiger partial charge in [0.15, 0.2) is 0 Å². The SMILES string of the molecule is O=C(NCc1cccnc1-n1ccnc1)c1ccsc1. The van der Waals surface area contributed by atoms with Crippen LogP contribution in [-0.2, 0) is 6.54 Å². The van der Waals surface area contributed by atoms with Gasteiger partial charge in [0.1, 0.15) is 12.1 Å². The molecule has 3 rings (SSSR count). The molecule has 0 atom stereocenters. The molecule has 20 heavy (non-hydrogen) atoms. The maximum absolute atomic E-state index is 11.9. The molecule has 3 aromatic rings. The average Bonchev–Trinajstić information content (AvgIpc) is 3.17. The fourth-order valence-electron chi connectivity index (χ4n) is 1.86. The Bertz CT molecular complexity index is 692. The van der Waals surface area contributed by atoms with Crippen molar-refractivity contribution in [2.75, 3.05) is 0 Å². The monoisotopic (exact) mass is 284 g/mol. The zero-order valence-electron chi connectivity index (χ0n) is 10.6. The number of nitrogens with one attached hydrogen (secondary N) is 1. The summed E-state index contributed by atoms with van der Waals surface area (Å²) < 4.78 is 1.83. The highest BCUT2D eigenvalue weighted by Crippen LogP contribution is 2.11. The highest BCUT2D eigenvalue weighted by Gasteiger charge is 2.09. The first-order chi connectivity index (χ1) is 9.84. The minimum atomic E-state index is -0.0771. The molecule has 1 amide bonds. The number of amides is 1. The van der Waals surface area contributed by atoms with Crippen LogP contribution >= 0.6 is 11.3 Å². The smallest absolute Gasteiger partial charge is 0.252 e. The molecule has 0 aliphatic carbocycles. The summed E-state index contributed by atoms with van der Waals surface area (Å²) in [5.41, 5.74) is 1.62.